The van der Waals surface area contributed by atoms with Crippen molar-refractivity contribution < 1.29 is 4.79 Å². The maximum atomic E-state index is 12.7. The van der Waals surface area contributed by atoms with Gasteiger partial charge in [-0.1, -0.05) is 12.1 Å². The van der Waals surface area contributed by atoms with Crippen LogP contribution in [0.1, 0.15) is 12.8 Å². The molecule has 6 nitrogen and oxygen atoms in total. The number of likely N-dealkylation sites (N-methyl/N-ethyl adjacent to an activating group) is 1. The average Bonchev–Trinajstić information content (AvgIpc) is 3.16. The smallest absolute Gasteiger partial charge is 0.244 e. The molecular formula is C20H21N5O. The van der Waals surface area contributed by atoms with E-state index in [0.29, 0.717) is 5.82 Å². The van der Waals surface area contributed by atoms with Crippen LogP contribution in [-0.2, 0) is 4.79 Å². The van der Waals surface area contributed by atoms with Crippen molar-refractivity contribution in [2.24, 2.45) is 0 Å². The molecule has 1 aliphatic heterocycles. The highest BCUT2D eigenvalue weighted by atomic mass is 16.2. The van der Waals surface area contributed by atoms with Crippen molar-refractivity contribution in [3.05, 3.63) is 48.8 Å². The highest BCUT2D eigenvalue weighted by Crippen LogP contribution is 2.32. The number of carbonyl (C=O) groups is 1. The third-order valence-corrected chi connectivity index (χ3v) is 4.77. The molecule has 2 aromatic heterocycles. The number of pyridine rings is 1. The first-order valence-electron chi connectivity index (χ1n) is 8.80. The van der Waals surface area contributed by atoms with E-state index in [1.807, 2.05) is 36.4 Å². The molecule has 3 aromatic rings. The van der Waals surface area contributed by atoms with Gasteiger partial charge >= 0.3 is 0 Å². The fourth-order valence-electron chi connectivity index (χ4n) is 3.48. The van der Waals surface area contributed by atoms with Crippen LogP contribution in [0, 0.1) is 0 Å². The molecule has 26 heavy (non-hydrogen) atoms. The minimum absolute atomic E-state index is 0.121. The van der Waals surface area contributed by atoms with E-state index in [-0.39, 0.29) is 11.9 Å². The largest absolute Gasteiger partial charge is 0.347 e. The van der Waals surface area contributed by atoms with Crippen molar-refractivity contribution in [3.63, 3.8) is 0 Å². The Morgan fingerprint density at radius 1 is 1.12 bits per heavy atom. The van der Waals surface area contributed by atoms with Crippen molar-refractivity contribution in [2.45, 2.75) is 18.9 Å². The SMILES string of the molecule is CN(C)C(=O)[C@@H]1CCCN1c1nc(-c2ccncc2)nc2ccccc12. The summed E-state index contributed by atoms with van der Waals surface area (Å²) in [5, 5.41) is 0.976. The number of fused-ring (bicyclic) bond motifs is 1. The fraction of sp³-hybridized carbons (Fsp3) is 0.300. The summed E-state index contributed by atoms with van der Waals surface area (Å²) < 4.78 is 0. The number of rotatable bonds is 3. The van der Waals surface area contributed by atoms with Crippen LogP contribution in [0.15, 0.2) is 48.8 Å². The minimum Gasteiger partial charge on any atom is -0.347 e. The number of anilines is 1. The van der Waals surface area contributed by atoms with Gasteiger partial charge in [0.1, 0.15) is 11.9 Å². The molecule has 0 radical (unpaired) electrons. The van der Waals surface area contributed by atoms with Crippen LogP contribution in [-0.4, -0.2) is 52.4 Å². The van der Waals surface area contributed by atoms with Crippen LogP contribution in [0.2, 0.25) is 0 Å². The quantitative estimate of drug-likeness (QED) is 0.729. The molecule has 1 aromatic carbocycles. The van der Waals surface area contributed by atoms with Crippen LogP contribution in [0.3, 0.4) is 0 Å². The van der Waals surface area contributed by atoms with Crippen molar-refractivity contribution >= 4 is 22.6 Å². The normalized spacial score (nSPS) is 16.8. The Balaban J connectivity index is 1.87. The van der Waals surface area contributed by atoms with E-state index in [1.54, 1.807) is 31.4 Å². The van der Waals surface area contributed by atoms with E-state index in [1.165, 1.54) is 0 Å². The van der Waals surface area contributed by atoms with Gasteiger partial charge in [0.05, 0.1) is 5.52 Å². The number of hydrogen-bond acceptors (Lipinski definition) is 5. The molecule has 132 valence electrons. The van der Waals surface area contributed by atoms with Crippen molar-refractivity contribution in [3.8, 4) is 11.4 Å². The summed E-state index contributed by atoms with van der Waals surface area (Å²) in [6.07, 6.45) is 5.30. The molecule has 6 heteroatoms. The first-order chi connectivity index (χ1) is 12.6. The molecule has 0 bridgehead atoms. The molecule has 0 aliphatic carbocycles. The highest BCUT2D eigenvalue weighted by molar-refractivity contribution is 5.94. The maximum Gasteiger partial charge on any atom is 0.244 e. The molecule has 0 spiro atoms. The van der Waals surface area contributed by atoms with E-state index in [9.17, 15) is 4.79 Å². The number of hydrogen-bond donors (Lipinski definition) is 0. The molecule has 1 fully saturated rings. The van der Waals surface area contributed by atoms with Crippen LogP contribution < -0.4 is 4.90 Å². The van der Waals surface area contributed by atoms with Crippen molar-refractivity contribution in [2.75, 3.05) is 25.5 Å². The summed E-state index contributed by atoms with van der Waals surface area (Å²) in [5.41, 5.74) is 1.80. The van der Waals surface area contributed by atoms with Gasteiger partial charge in [0.15, 0.2) is 5.82 Å². The molecule has 0 N–H and O–H groups in total. The lowest BCUT2D eigenvalue weighted by Gasteiger charge is -2.28. The van der Waals surface area contributed by atoms with E-state index >= 15 is 0 Å². The highest BCUT2D eigenvalue weighted by Gasteiger charge is 2.33. The number of aromatic nitrogens is 3. The Labute approximate surface area is 152 Å². The number of para-hydroxylation sites is 1. The van der Waals surface area contributed by atoms with E-state index in [0.717, 1.165) is 41.7 Å². The Morgan fingerprint density at radius 3 is 2.65 bits per heavy atom. The first kappa shape index (κ1) is 16.4. The number of nitrogens with zero attached hydrogens (tertiary/aromatic N) is 5. The van der Waals surface area contributed by atoms with Gasteiger partial charge in [0.25, 0.3) is 0 Å². The summed E-state index contributed by atoms with van der Waals surface area (Å²) in [6.45, 7) is 0.820. The summed E-state index contributed by atoms with van der Waals surface area (Å²) in [5.74, 6) is 1.61. The van der Waals surface area contributed by atoms with Gasteiger partial charge in [0.2, 0.25) is 5.91 Å². The number of benzene rings is 1. The molecule has 1 amide bonds. The molecule has 3 heterocycles. The lowest BCUT2D eigenvalue weighted by atomic mass is 10.1. The monoisotopic (exact) mass is 347 g/mol. The van der Waals surface area contributed by atoms with Gasteiger partial charge in [0, 0.05) is 44.0 Å². The molecule has 1 atom stereocenters. The summed E-state index contributed by atoms with van der Waals surface area (Å²) in [7, 11) is 3.61. The Bertz CT molecular complexity index is 941. The fourth-order valence-corrected chi connectivity index (χ4v) is 3.48. The molecule has 1 saturated heterocycles. The molecule has 1 aliphatic rings. The zero-order valence-corrected chi connectivity index (χ0v) is 15.0. The predicted octanol–water partition coefficient (Wildman–Crippen LogP) is 2.75. The zero-order valence-electron chi connectivity index (χ0n) is 15.0. The Hall–Kier alpha value is -3.02. The molecule has 0 saturated carbocycles. The van der Waals surface area contributed by atoms with Gasteiger partial charge in [-0.3, -0.25) is 9.78 Å². The van der Waals surface area contributed by atoms with Crippen molar-refractivity contribution in [1.29, 1.82) is 0 Å². The Kier molecular flexibility index (Phi) is 4.24. The summed E-state index contributed by atoms with van der Waals surface area (Å²) in [4.78, 5) is 30.1. The second-order valence-corrected chi connectivity index (χ2v) is 6.71. The maximum absolute atomic E-state index is 12.7. The van der Waals surface area contributed by atoms with Gasteiger partial charge in [-0.25, -0.2) is 9.97 Å². The van der Waals surface area contributed by atoms with Crippen LogP contribution in [0.4, 0.5) is 5.82 Å². The van der Waals surface area contributed by atoms with Crippen LogP contribution >= 0.6 is 0 Å². The van der Waals surface area contributed by atoms with E-state index in [4.69, 9.17) is 9.97 Å². The predicted molar refractivity (Wildman–Crippen MR) is 102 cm³/mol. The number of amides is 1. The summed E-state index contributed by atoms with van der Waals surface area (Å²) in [6, 6.07) is 11.6. The van der Waals surface area contributed by atoms with Crippen molar-refractivity contribution in [1.82, 2.24) is 19.9 Å². The molecular weight excluding hydrogens is 326 g/mol. The Morgan fingerprint density at radius 2 is 1.88 bits per heavy atom. The lowest BCUT2D eigenvalue weighted by molar-refractivity contribution is -0.129. The zero-order chi connectivity index (χ0) is 18.1. The van der Waals surface area contributed by atoms with Gasteiger partial charge < -0.3 is 9.80 Å². The van der Waals surface area contributed by atoms with Gasteiger partial charge in [-0.2, -0.15) is 0 Å². The van der Waals surface area contributed by atoms with Gasteiger partial charge in [-0.15, -0.1) is 0 Å². The average molecular weight is 347 g/mol. The standard InChI is InChI=1S/C20H21N5O/c1-24(2)20(26)17-8-5-13-25(17)19-15-6-3-4-7-16(15)22-18(23-19)14-9-11-21-12-10-14/h3-4,6-7,9-12,17H,5,8,13H2,1-2H3/t17-/m0/s1. The topological polar surface area (TPSA) is 62.2 Å². The van der Waals surface area contributed by atoms with E-state index in [2.05, 4.69) is 9.88 Å². The van der Waals surface area contributed by atoms with Gasteiger partial charge in [-0.05, 0) is 37.1 Å². The van der Waals surface area contributed by atoms with Crippen LogP contribution in [0.25, 0.3) is 22.3 Å². The third-order valence-electron chi connectivity index (χ3n) is 4.77. The van der Waals surface area contributed by atoms with Crippen LogP contribution in [0.5, 0.6) is 0 Å². The second kappa shape index (κ2) is 6.71. The van der Waals surface area contributed by atoms with E-state index < -0.39 is 0 Å². The second-order valence-electron chi connectivity index (χ2n) is 6.71. The number of carbonyl (C=O) groups excluding carboxylic acids is 1. The first-order valence-corrected chi connectivity index (χ1v) is 8.80. The third kappa shape index (κ3) is 2.87. The molecule has 4 rings (SSSR count). The minimum atomic E-state index is -0.173. The summed E-state index contributed by atoms with van der Waals surface area (Å²) >= 11 is 0. The molecule has 0 unspecified atom stereocenters. The lowest BCUT2D eigenvalue weighted by Crippen LogP contribution is -2.43.